The number of nitrogens with one attached hydrogen (secondary N) is 2. The zero-order valence-corrected chi connectivity index (χ0v) is 34.5. The summed E-state index contributed by atoms with van der Waals surface area (Å²) < 4.78 is 16.8. The topological polar surface area (TPSA) is 167 Å². The zero-order valence-electron chi connectivity index (χ0n) is 34.5. The van der Waals surface area contributed by atoms with E-state index in [1.807, 2.05) is 58.0 Å². The first-order valence-electron chi connectivity index (χ1n) is 19.1. The summed E-state index contributed by atoms with van der Waals surface area (Å²) in [5.74, 6) is -2.91. The van der Waals surface area contributed by atoms with E-state index in [4.69, 9.17) is 14.2 Å². The molecule has 0 aliphatic carbocycles. The number of rotatable bonds is 21. The maximum atomic E-state index is 14.2. The molecule has 306 valence electrons. The number of benzene rings is 1. The fourth-order valence-electron chi connectivity index (χ4n) is 7.77. The molecule has 0 radical (unpaired) electrons. The molecule has 0 saturated carbocycles. The number of ether oxygens (including phenoxy) is 3. The van der Waals surface area contributed by atoms with Crippen molar-refractivity contribution in [3.05, 3.63) is 35.9 Å². The number of likely N-dealkylation sites (tertiary alicyclic amines) is 1. The SMILES string of the molecule is CC[C@H](C)[C@@H]([C@@H](CC(=O)N1CCCC1[C@H](OC)[C@@H](C)C(=O)NC(Cc1ccccc1)C(=O)OC)OC)N(C)C(=O)[C@@H](NC(=O)C(C(C)C)N(C)C)[C@@H](C)O. The largest absolute Gasteiger partial charge is 0.467 e. The molecule has 0 bridgehead atoms. The van der Waals surface area contributed by atoms with Gasteiger partial charge in [0.1, 0.15) is 12.1 Å². The third kappa shape index (κ3) is 12.2. The molecule has 10 atom stereocenters. The van der Waals surface area contributed by atoms with Crippen molar-refractivity contribution in [1.29, 1.82) is 0 Å². The van der Waals surface area contributed by atoms with Crippen LogP contribution >= 0.6 is 0 Å². The molecular formula is C40H67N5O9. The molecule has 1 aliphatic heterocycles. The van der Waals surface area contributed by atoms with Crippen molar-refractivity contribution in [2.75, 3.05) is 49.0 Å². The lowest BCUT2D eigenvalue weighted by atomic mass is 9.89. The third-order valence-electron chi connectivity index (χ3n) is 10.8. The molecule has 3 unspecified atom stereocenters. The van der Waals surface area contributed by atoms with Gasteiger partial charge >= 0.3 is 5.97 Å². The van der Waals surface area contributed by atoms with Crippen LogP contribution < -0.4 is 10.6 Å². The number of esters is 1. The maximum absolute atomic E-state index is 14.2. The number of likely N-dealkylation sites (N-methyl/N-ethyl adjacent to an activating group) is 2. The fraction of sp³-hybridized carbons (Fsp3) is 0.725. The van der Waals surface area contributed by atoms with E-state index in [-0.39, 0.29) is 36.5 Å². The number of amides is 4. The minimum atomic E-state index is -1.21. The number of nitrogens with zero attached hydrogens (tertiary/aromatic N) is 3. The van der Waals surface area contributed by atoms with Crippen LogP contribution in [-0.4, -0.2) is 147 Å². The van der Waals surface area contributed by atoms with E-state index in [2.05, 4.69) is 10.6 Å². The molecule has 0 spiro atoms. The highest BCUT2D eigenvalue weighted by atomic mass is 16.5. The lowest BCUT2D eigenvalue weighted by molar-refractivity contribution is -0.149. The van der Waals surface area contributed by atoms with Crippen LogP contribution in [0, 0.1) is 17.8 Å². The Labute approximate surface area is 322 Å². The van der Waals surface area contributed by atoms with Crippen LogP contribution in [0.2, 0.25) is 0 Å². The normalized spacial score (nSPS) is 19.5. The zero-order chi connectivity index (χ0) is 40.9. The van der Waals surface area contributed by atoms with Crippen molar-refractivity contribution in [2.24, 2.45) is 17.8 Å². The Hall–Kier alpha value is -3.59. The monoisotopic (exact) mass is 761 g/mol. The van der Waals surface area contributed by atoms with Crippen LogP contribution in [0.3, 0.4) is 0 Å². The van der Waals surface area contributed by atoms with E-state index < -0.39 is 72.2 Å². The molecule has 1 aliphatic rings. The van der Waals surface area contributed by atoms with Gasteiger partial charge in [0.25, 0.3) is 0 Å². The minimum absolute atomic E-state index is 0.0415. The quantitative estimate of drug-likeness (QED) is 0.158. The van der Waals surface area contributed by atoms with E-state index in [1.165, 1.54) is 33.2 Å². The average Bonchev–Trinajstić information content (AvgIpc) is 3.62. The second kappa shape index (κ2) is 22.1. The van der Waals surface area contributed by atoms with Gasteiger partial charge in [-0.15, -0.1) is 0 Å². The lowest BCUT2D eigenvalue weighted by Crippen LogP contribution is -2.61. The molecule has 3 N–H and O–H groups in total. The van der Waals surface area contributed by atoms with Crippen molar-refractivity contribution in [3.8, 4) is 0 Å². The van der Waals surface area contributed by atoms with Crippen LogP contribution in [0.1, 0.15) is 72.8 Å². The van der Waals surface area contributed by atoms with Gasteiger partial charge in [-0.1, -0.05) is 71.4 Å². The first-order chi connectivity index (χ1) is 25.4. The highest BCUT2D eigenvalue weighted by Crippen LogP contribution is 2.29. The van der Waals surface area contributed by atoms with Gasteiger partial charge in [-0.25, -0.2) is 4.79 Å². The first-order valence-corrected chi connectivity index (χ1v) is 19.1. The number of carbonyl (C=O) groups is 5. The summed E-state index contributed by atoms with van der Waals surface area (Å²) in [5, 5.41) is 16.3. The maximum Gasteiger partial charge on any atom is 0.328 e. The van der Waals surface area contributed by atoms with Gasteiger partial charge in [0.15, 0.2) is 0 Å². The van der Waals surface area contributed by atoms with Crippen LogP contribution in [0.25, 0.3) is 0 Å². The van der Waals surface area contributed by atoms with Gasteiger partial charge in [-0.3, -0.25) is 24.1 Å². The predicted molar refractivity (Wildman–Crippen MR) is 206 cm³/mol. The van der Waals surface area contributed by atoms with Crippen molar-refractivity contribution in [1.82, 2.24) is 25.3 Å². The van der Waals surface area contributed by atoms with E-state index in [0.29, 0.717) is 25.8 Å². The number of aliphatic hydroxyl groups is 1. The Kier molecular flexibility index (Phi) is 19.0. The summed E-state index contributed by atoms with van der Waals surface area (Å²) in [7, 11) is 9.48. The molecule has 1 fully saturated rings. The molecule has 0 aromatic heterocycles. The second-order valence-corrected chi connectivity index (χ2v) is 15.2. The molecule has 1 saturated heterocycles. The van der Waals surface area contributed by atoms with E-state index in [9.17, 15) is 29.1 Å². The van der Waals surface area contributed by atoms with Gasteiger partial charge in [-0.2, -0.15) is 0 Å². The minimum Gasteiger partial charge on any atom is -0.467 e. The van der Waals surface area contributed by atoms with E-state index >= 15 is 0 Å². The van der Waals surface area contributed by atoms with Gasteiger partial charge in [0.05, 0.1) is 55.9 Å². The molecule has 14 nitrogen and oxygen atoms in total. The number of methoxy groups -OCH3 is 3. The van der Waals surface area contributed by atoms with Gasteiger partial charge < -0.3 is 39.8 Å². The second-order valence-electron chi connectivity index (χ2n) is 15.2. The highest BCUT2D eigenvalue weighted by molar-refractivity contribution is 5.90. The number of carbonyl (C=O) groups excluding carboxylic acids is 5. The van der Waals surface area contributed by atoms with Crippen molar-refractivity contribution in [2.45, 2.75) is 122 Å². The van der Waals surface area contributed by atoms with Crippen LogP contribution in [-0.2, 0) is 44.6 Å². The van der Waals surface area contributed by atoms with E-state index in [1.54, 1.807) is 37.9 Å². The molecule has 4 amide bonds. The van der Waals surface area contributed by atoms with Crippen LogP contribution in [0.15, 0.2) is 30.3 Å². The summed E-state index contributed by atoms with van der Waals surface area (Å²) in [6, 6.07) is 5.70. The molecular weight excluding hydrogens is 694 g/mol. The Balaban J connectivity index is 2.29. The van der Waals surface area contributed by atoms with Crippen molar-refractivity contribution < 1.29 is 43.3 Å². The Morgan fingerprint density at radius 2 is 1.56 bits per heavy atom. The van der Waals surface area contributed by atoms with Gasteiger partial charge in [0.2, 0.25) is 23.6 Å². The summed E-state index contributed by atoms with van der Waals surface area (Å²) in [5.41, 5.74) is 0.864. The fourth-order valence-corrected chi connectivity index (χ4v) is 7.77. The molecule has 1 aromatic carbocycles. The summed E-state index contributed by atoms with van der Waals surface area (Å²) >= 11 is 0. The smallest absolute Gasteiger partial charge is 0.328 e. The molecule has 14 heteroatoms. The van der Waals surface area contributed by atoms with Crippen LogP contribution in [0.4, 0.5) is 0 Å². The highest BCUT2D eigenvalue weighted by Gasteiger charge is 2.43. The van der Waals surface area contributed by atoms with Crippen molar-refractivity contribution >= 4 is 29.6 Å². The average molecular weight is 762 g/mol. The summed E-state index contributed by atoms with van der Waals surface area (Å²) in [6.45, 7) is 11.4. The number of hydrogen-bond acceptors (Lipinski definition) is 10. The predicted octanol–water partition coefficient (Wildman–Crippen LogP) is 2.26. The Bertz CT molecular complexity index is 1350. The molecule has 1 heterocycles. The standard InChI is InChI=1S/C40H67N5O9/c1-13-25(4)35(44(9)39(50)33(27(6)46)42-38(49)34(24(2)3)43(7)8)31(52-10)23-32(47)45-21-17-20-30(45)36(53-11)26(5)37(48)41-29(40(51)54-12)22-28-18-15-14-16-19-28/h14-16,18-19,24-27,29-31,33-36,46H,13,17,20-23H2,1-12H3,(H,41,48)(H,42,49)/t25-,26+,27+,29?,30?,31+,33-,34?,35-,36+/m0/s1. The van der Waals surface area contributed by atoms with E-state index in [0.717, 1.165) is 5.56 Å². The first kappa shape index (κ1) is 46.6. The molecule has 54 heavy (non-hydrogen) atoms. The Morgan fingerprint density at radius 1 is 0.926 bits per heavy atom. The molecule has 2 rings (SSSR count). The van der Waals surface area contributed by atoms with Crippen LogP contribution in [0.5, 0.6) is 0 Å². The third-order valence-corrected chi connectivity index (χ3v) is 10.8. The summed E-state index contributed by atoms with van der Waals surface area (Å²) in [6.07, 6.45) is -0.405. The number of aliphatic hydroxyl groups excluding tert-OH is 1. The lowest BCUT2D eigenvalue weighted by Gasteiger charge is -2.41. The van der Waals surface area contributed by atoms with Gasteiger partial charge in [0, 0.05) is 34.2 Å². The summed E-state index contributed by atoms with van der Waals surface area (Å²) in [4.78, 5) is 72.8. The number of hydrogen-bond donors (Lipinski definition) is 3. The molecule has 1 aromatic rings. The van der Waals surface area contributed by atoms with Crippen molar-refractivity contribution in [3.63, 3.8) is 0 Å². The Morgan fingerprint density at radius 3 is 2.06 bits per heavy atom. The van der Waals surface area contributed by atoms with Gasteiger partial charge in [-0.05, 0) is 51.3 Å².